The molecule has 1 nitrogen and oxygen atoms in total. The third kappa shape index (κ3) is 2.61. The molecule has 0 N–H and O–H groups in total. The Hall–Kier alpha value is -2.28. The summed E-state index contributed by atoms with van der Waals surface area (Å²) in [5.41, 5.74) is 8.70. The molecule has 0 aromatic heterocycles. The van der Waals surface area contributed by atoms with Crippen LogP contribution in [-0.2, 0) is 6.42 Å². The number of nitrogens with zero attached hydrogens (tertiary/aromatic N) is 1. The van der Waals surface area contributed by atoms with E-state index < -0.39 is 0 Å². The van der Waals surface area contributed by atoms with Crippen molar-refractivity contribution < 1.29 is 0 Å². The van der Waals surface area contributed by atoms with Gasteiger partial charge in [-0.2, -0.15) is 0 Å². The van der Waals surface area contributed by atoms with Gasteiger partial charge in [0.15, 0.2) is 0 Å². The lowest BCUT2D eigenvalue weighted by atomic mass is 9.73. The largest absolute Gasteiger partial charge is 0.360 e. The summed E-state index contributed by atoms with van der Waals surface area (Å²) in [6, 6.07) is 15.9. The summed E-state index contributed by atoms with van der Waals surface area (Å²) >= 11 is 0. The van der Waals surface area contributed by atoms with Gasteiger partial charge in [-0.1, -0.05) is 74.0 Å². The summed E-state index contributed by atoms with van der Waals surface area (Å²) in [4.78, 5) is 2.67. The van der Waals surface area contributed by atoms with Crippen LogP contribution >= 0.6 is 0 Å². The highest BCUT2D eigenvalue weighted by atomic mass is 15.2. The van der Waals surface area contributed by atoms with Crippen LogP contribution in [0.4, 0.5) is 0 Å². The van der Waals surface area contributed by atoms with Crippen LogP contribution in [0.25, 0.3) is 5.57 Å². The summed E-state index contributed by atoms with van der Waals surface area (Å²) in [6.07, 6.45) is 10.6. The van der Waals surface area contributed by atoms with Gasteiger partial charge in [-0.25, -0.2) is 0 Å². The van der Waals surface area contributed by atoms with E-state index in [1.54, 1.807) is 5.56 Å². The fourth-order valence-corrected chi connectivity index (χ4v) is 4.98. The van der Waals surface area contributed by atoms with Crippen LogP contribution < -0.4 is 0 Å². The zero-order valence-corrected chi connectivity index (χ0v) is 16.4. The molecule has 4 rings (SSSR count). The quantitative estimate of drug-likeness (QED) is 0.625. The van der Waals surface area contributed by atoms with Gasteiger partial charge >= 0.3 is 0 Å². The van der Waals surface area contributed by atoms with Crippen molar-refractivity contribution in [2.75, 3.05) is 0 Å². The number of benzene rings is 2. The molecule has 0 fully saturated rings. The Morgan fingerprint density at radius 1 is 1.04 bits per heavy atom. The molecule has 0 aliphatic carbocycles. The Bertz CT molecular complexity index is 869. The van der Waals surface area contributed by atoms with E-state index in [9.17, 15) is 0 Å². The van der Waals surface area contributed by atoms with Crippen molar-refractivity contribution in [1.29, 1.82) is 0 Å². The van der Waals surface area contributed by atoms with Gasteiger partial charge in [-0.15, -0.1) is 0 Å². The van der Waals surface area contributed by atoms with E-state index in [4.69, 9.17) is 0 Å². The predicted octanol–water partition coefficient (Wildman–Crippen LogP) is 6.37. The van der Waals surface area contributed by atoms with Crippen molar-refractivity contribution in [3.05, 3.63) is 88.6 Å². The third-order valence-corrected chi connectivity index (χ3v) is 6.44. The summed E-state index contributed by atoms with van der Waals surface area (Å²) in [7, 11) is 0. The molecule has 0 saturated heterocycles. The molecule has 2 aliphatic heterocycles. The normalized spacial score (nSPS) is 20.4. The number of allylic oxidation sites excluding steroid dienone is 2. The number of fused-ring (bicyclic) bond motifs is 3. The minimum atomic E-state index is 0.197. The van der Waals surface area contributed by atoms with Gasteiger partial charge in [-0.05, 0) is 60.9 Å². The van der Waals surface area contributed by atoms with E-state index in [2.05, 4.69) is 93.4 Å². The van der Waals surface area contributed by atoms with E-state index >= 15 is 0 Å². The third-order valence-electron chi connectivity index (χ3n) is 6.44. The molecular weight excluding hydrogens is 314 g/mol. The second-order valence-corrected chi connectivity index (χ2v) is 7.92. The maximum atomic E-state index is 2.67. The highest BCUT2D eigenvalue weighted by molar-refractivity contribution is 5.75. The fraction of sp³-hybridized carbons (Fsp3) is 0.360. The first-order valence-electron chi connectivity index (χ1n) is 9.92. The van der Waals surface area contributed by atoms with E-state index in [0.29, 0.717) is 6.04 Å². The van der Waals surface area contributed by atoms with Gasteiger partial charge < -0.3 is 4.90 Å². The van der Waals surface area contributed by atoms with E-state index in [1.807, 2.05) is 0 Å². The molecule has 0 radical (unpaired) electrons. The Labute approximate surface area is 158 Å². The molecule has 1 unspecified atom stereocenters. The van der Waals surface area contributed by atoms with Crippen molar-refractivity contribution in [3.8, 4) is 0 Å². The first-order valence-corrected chi connectivity index (χ1v) is 9.92. The molecule has 134 valence electrons. The first kappa shape index (κ1) is 17.1. The smallest absolute Gasteiger partial charge is 0.0735 e. The summed E-state index contributed by atoms with van der Waals surface area (Å²) in [6.45, 7) is 9.20. The molecule has 2 aromatic rings. The molecule has 1 atom stereocenters. The molecule has 2 aromatic carbocycles. The van der Waals surface area contributed by atoms with E-state index in [1.165, 1.54) is 40.7 Å². The Morgan fingerprint density at radius 3 is 2.46 bits per heavy atom. The van der Waals surface area contributed by atoms with Gasteiger partial charge in [0, 0.05) is 11.7 Å². The molecule has 2 heterocycles. The molecular formula is C25H29N. The SMILES string of the molecule is CCC1(CC)Cc2cc(C)cc(C)c2C2C=CC(c3ccccc3)=CN21. The van der Waals surface area contributed by atoms with E-state index in [-0.39, 0.29) is 5.54 Å². The predicted molar refractivity (Wildman–Crippen MR) is 111 cm³/mol. The van der Waals surface area contributed by atoms with Crippen LogP contribution in [0.2, 0.25) is 0 Å². The lowest BCUT2D eigenvalue weighted by molar-refractivity contribution is 0.0888. The average Bonchev–Trinajstić information content (AvgIpc) is 2.67. The maximum absolute atomic E-state index is 2.67. The minimum Gasteiger partial charge on any atom is -0.360 e. The van der Waals surface area contributed by atoms with Crippen molar-refractivity contribution in [2.24, 2.45) is 0 Å². The van der Waals surface area contributed by atoms with Crippen LogP contribution in [0, 0.1) is 13.8 Å². The Morgan fingerprint density at radius 2 is 1.77 bits per heavy atom. The van der Waals surface area contributed by atoms with Crippen molar-refractivity contribution >= 4 is 5.57 Å². The number of rotatable bonds is 3. The van der Waals surface area contributed by atoms with Gasteiger partial charge in [0.05, 0.1) is 6.04 Å². The van der Waals surface area contributed by atoms with Gasteiger partial charge in [0.2, 0.25) is 0 Å². The molecule has 0 spiro atoms. The maximum Gasteiger partial charge on any atom is 0.0735 e. The van der Waals surface area contributed by atoms with Crippen LogP contribution in [-0.4, -0.2) is 10.4 Å². The monoisotopic (exact) mass is 343 g/mol. The Kier molecular flexibility index (Phi) is 4.26. The van der Waals surface area contributed by atoms with E-state index in [0.717, 1.165) is 6.42 Å². The lowest BCUT2D eigenvalue weighted by Crippen LogP contribution is -2.52. The number of hydrogen-bond donors (Lipinski definition) is 0. The van der Waals surface area contributed by atoms with Crippen molar-refractivity contribution in [2.45, 2.75) is 58.5 Å². The second kappa shape index (κ2) is 6.46. The first-order chi connectivity index (χ1) is 12.6. The Balaban J connectivity index is 1.87. The molecule has 0 bridgehead atoms. The van der Waals surface area contributed by atoms with Gasteiger partial charge in [0.1, 0.15) is 0 Å². The topological polar surface area (TPSA) is 3.24 Å². The summed E-state index contributed by atoms with van der Waals surface area (Å²) < 4.78 is 0. The van der Waals surface area contributed by atoms with Crippen LogP contribution in [0.5, 0.6) is 0 Å². The van der Waals surface area contributed by atoms with Gasteiger partial charge in [0.25, 0.3) is 0 Å². The molecule has 2 aliphatic rings. The van der Waals surface area contributed by atoms with Crippen molar-refractivity contribution in [1.82, 2.24) is 4.90 Å². The van der Waals surface area contributed by atoms with Crippen molar-refractivity contribution in [3.63, 3.8) is 0 Å². The van der Waals surface area contributed by atoms with Crippen LogP contribution in [0.1, 0.15) is 60.5 Å². The minimum absolute atomic E-state index is 0.197. The zero-order chi connectivity index (χ0) is 18.3. The molecule has 0 amide bonds. The number of aryl methyl sites for hydroxylation is 2. The van der Waals surface area contributed by atoms with Crippen LogP contribution in [0.3, 0.4) is 0 Å². The van der Waals surface area contributed by atoms with Gasteiger partial charge in [-0.3, -0.25) is 0 Å². The number of hydrogen-bond acceptors (Lipinski definition) is 1. The molecule has 0 saturated carbocycles. The average molecular weight is 344 g/mol. The van der Waals surface area contributed by atoms with Crippen LogP contribution in [0.15, 0.2) is 60.8 Å². The molecule has 1 heteroatoms. The second-order valence-electron chi connectivity index (χ2n) is 7.92. The molecule has 26 heavy (non-hydrogen) atoms. The lowest BCUT2D eigenvalue weighted by Gasteiger charge is -2.52. The summed E-state index contributed by atoms with van der Waals surface area (Å²) in [5, 5.41) is 0. The standard InChI is InChI=1S/C25H29N/c1-5-25(6-2)16-22-15-18(3)14-19(4)24(22)23-13-12-21(17-26(23)25)20-10-8-7-9-11-20/h7-15,17,23H,5-6,16H2,1-4H3. The fourth-order valence-electron chi connectivity index (χ4n) is 4.98. The highest BCUT2D eigenvalue weighted by Crippen LogP contribution is 2.47. The zero-order valence-electron chi connectivity index (χ0n) is 16.4. The highest BCUT2D eigenvalue weighted by Gasteiger charge is 2.42. The summed E-state index contributed by atoms with van der Waals surface area (Å²) in [5.74, 6) is 0.